The fourth-order valence-corrected chi connectivity index (χ4v) is 2.97. The first kappa shape index (κ1) is 18.9. The fraction of sp³-hybridized carbons (Fsp3) is 0.368. The van der Waals surface area contributed by atoms with Crippen molar-refractivity contribution in [3.8, 4) is 5.75 Å². The quantitative estimate of drug-likeness (QED) is 0.573. The van der Waals surface area contributed by atoms with Gasteiger partial charge in [-0.15, -0.1) is 0 Å². The second kappa shape index (κ2) is 9.79. The van der Waals surface area contributed by atoms with Gasteiger partial charge < -0.3 is 20.3 Å². The summed E-state index contributed by atoms with van der Waals surface area (Å²) < 4.78 is 6.46. The fourth-order valence-electron chi connectivity index (χ4n) is 2.60. The molecule has 1 unspecified atom stereocenters. The van der Waals surface area contributed by atoms with Crippen LogP contribution in [0.5, 0.6) is 5.75 Å². The highest BCUT2D eigenvalue weighted by Crippen LogP contribution is 2.30. The number of hydrogen-bond acceptors (Lipinski definition) is 4. The van der Waals surface area contributed by atoms with Gasteiger partial charge in [0.25, 0.3) is 0 Å². The van der Waals surface area contributed by atoms with Crippen molar-refractivity contribution in [1.82, 2.24) is 5.32 Å². The summed E-state index contributed by atoms with van der Waals surface area (Å²) in [5, 5.41) is 22.9. The van der Waals surface area contributed by atoms with Crippen LogP contribution in [-0.4, -0.2) is 36.5 Å². The predicted molar refractivity (Wildman–Crippen MR) is 99.5 cm³/mol. The summed E-state index contributed by atoms with van der Waals surface area (Å²) in [7, 11) is 0. The Bertz CT molecular complexity index is 648. The molecule has 24 heavy (non-hydrogen) atoms. The SMILES string of the molecule is CCOc1cccc(C(O)c2cc(Br)ccc2CCNCCO)c1. The molecule has 2 aromatic carbocycles. The van der Waals surface area contributed by atoms with Crippen molar-refractivity contribution < 1.29 is 14.9 Å². The summed E-state index contributed by atoms with van der Waals surface area (Å²) in [6, 6.07) is 13.5. The maximum atomic E-state index is 10.9. The number of halogens is 1. The number of aliphatic hydroxyl groups excluding tert-OH is 2. The van der Waals surface area contributed by atoms with Crippen LogP contribution in [0.15, 0.2) is 46.9 Å². The van der Waals surface area contributed by atoms with E-state index in [0.29, 0.717) is 13.2 Å². The van der Waals surface area contributed by atoms with Crippen LogP contribution in [0.25, 0.3) is 0 Å². The Kier molecular flexibility index (Phi) is 7.72. The highest BCUT2D eigenvalue weighted by molar-refractivity contribution is 9.10. The number of ether oxygens (including phenoxy) is 1. The van der Waals surface area contributed by atoms with E-state index in [0.717, 1.165) is 39.9 Å². The molecule has 1 atom stereocenters. The average Bonchev–Trinajstić information content (AvgIpc) is 2.59. The van der Waals surface area contributed by atoms with Crippen LogP contribution >= 0.6 is 15.9 Å². The van der Waals surface area contributed by atoms with E-state index in [1.54, 1.807) is 0 Å². The topological polar surface area (TPSA) is 61.7 Å². The summed E-state index contributed by atoms with van der Waals surface area (Å²) in [6.07, 6.45) is 0.0703. The third-order valence-corrected chi connectivity index (χ3v) is 4.24. The zero-order valence-corrected chi connectivity index (χ0v) is 15.4. The van der Waals surface area contributed by atoms with Gasteiger partial charge in [-0.3, -0.25) is 0 Å². The van der Waals surface area contributed by atoms with Gasteiger partial charge in [0.05, 0.1) is 13.2 Å². The first-order valence-electron chi connectivity index (χ1n) is 8.16. The smallest absolute Gasteiger partial charge is 0.119 e. The molecular formula is C19H24BrNO3. The molecular weight excluding hydrogens is 370 g/mol. The molecule has 0 aliphatic carbocycles. The van der Waals surface area contributed by atoms with Gasteiger partial charge in [0.15, 0.2) is 0 Å². The van der Waals surface area contributed by atoms with Crippen LogP contribution in [-0.2, 0) is 6.42 Å². The second-order valence-electron chi connectivity index (χ2n) is 5.47. The maximum Gasteiger partial charge on any atom is 0.119 e. The van der Waals surface area contributed by atoms with Crippen molar-refractivity contribution in [2.45, 2.75) is 19.4 Å². The van der Waals surface area contributed by atoms with Crippen molar-refractivity contribution >= 4 is 15.9 Å². The van der Waals surface area contributed by atoms with E-state index in [1.807, 2.05) is 49.4 Å². The summed E-state index contributed by atoms with van der Waals surface area (Å²) in [5.74, 6) is 0.759. The highest BCUT2D eigenvalue weighted by Gasteiger charge is 2.16. The molecule has 0 fully saturated rings. The molecule has 0 amide bonds. The zero-order valence-electron chi connectivity index (χ0n) is 13.8. The Labute approximate surface area is 151 Å². The Hall–Kier alpha value is -1.40. The molecule has 0 aliphatic rings. The van der Waals surface area contributed by atoms with Gasteiger partial charge in [-0.25, -0.2) is 0 Å². The van der Waals surface area contributed by atoms with Crippen LogP contribution in [0, 0.1) is 0 Å². The molecule has 2 aromatic rings. The van der Waals surface area contributed by atoms with E-state index in [-0.39, 0.29) is 6.61 Å². The number of nitrogens with one attached hydrogen (secondary N) is 1. The minimum atomic E-state index is -0.712. The Morgan fingerprint density at radius 3 is 2.75 bits per heavy atom. The zero-order chi connectivity index (χ0) is 17.4. The first-order chi connectivity index (χ1) is 11.7. The van der Waals surface area contributed by atoms with Crippen LogP contribution < -0.4 is 10.1 Å². The Morgan fingerprint density at radius 1 is 1.17 bits per heavy atom. The van der Waals surface area contributed by atoms with Crippen molar-refractivity contribution in [3.63, 3.8) is 0 Å². The molecule has 3 N–H and O–H groups in total. The van der Waals surface area contributed by atoms with Gasteiger partial charge in [0, 0.05) is 11.0 Å². The van der Waals surface area contributed by atoms with E-state index in [4.69, 9.17) is 9.84 Å². The van der Waals surface area contributed by atoms with E-state index in [9.17, 15) is 5.11 Å². The molecule has 0 radical (unpaired) electrons. The molecule has 0 bridgehead atoms. The molecule has 0 saturated carbocycles. The molecule has 2 rings (SSSR count). The largest absolute Gasteiger partial charge is 0.494 e. The number of hydrogen-bond donors (Lipinski definition) is 3. The van der Waals surface area contributed by atoms with Crippen LogP contribution in [0.4, 0.5) is 0 Å². The predicted octanol–water partition coefficient (Wildman–Crippen LogP) is 3.05. The van der Waals surface area contributed by atoms with E-state index in [1.165, 1.54) is 0 Å². The molecule has 0 aromatic heterocycles. The van der Waals surface area contributed by atoms with Crippen molar-refractivity contribution in [2.24, 2.45) is 0 Å². The Morgan fingerprint density at radius 2 is 2.00 bits per heavy atom. The van der Waals surface area contributed by atoms with Crippen molar-refractivity contribution in [1.29, 1.82) is 0 Å². The average molecular weight is 394 g/mol. The lowest BCUT2D eigenvalue weighted by molar-refractivity contribution is 0.218. The third-order valence-electron chi connectivity index (χ3n) is 3.75. The highest BCUT2D eigenvalue weighted by atomic mass is 79.9. The van der Waals surface area contributed by atoms with E-state index >= 15 is 0 Å². The monoisotopic (exact) mass is 393 g/mol. The van der Waals surface area contributed by atoms with Gasteiger partial charge in [-0.05, 0) is 60.8 Å². The lowest BCUT2D eigenvalue weighted by Gasteiger charge is -2.18. The van der Waals surface area contributed by atoms with Gasteiger partial charge in [0.2, 0.25) is 0 Å². The van der Waals surface area contributed by atoms with Crippen LogP contribution in [0.1, 0.15) is 29.7 Å². The van der Waals surface area contributed by atoms with Gasteiger partial charge >= 0.3 is 0 Å². The lowest BCUT2D eigenvalue weighted by Crippen LogP contribution is -2.21. The van der Waals surface area contributed by atoms with Gasteiger partial charge in [0.1, 0.15) is 11.9 Å². The summed E-state index contributed by atoms with van der Waals surface area (Å²) in [6.45, 7) is 3.98. The van der Waals surface area contributed by atoms with Gasteiger partial charge in [-0.1, -0.05) is 34.1 Å². The Balaban J connectivity index is 2.22. The summed E-state index contributed by atoms with van der Waals surface area (Å²) in [5.41, 5.74) is 2.77. The van der Waals surface area contributed by atoms with E-state index in [2.05, 4.69) is 21.2 Å². The maximum absolute atomic E-state index is 10.9. The molecule has 130 valence electrons. The van der Waals surface area contributed by atoms with Gasteiger partial charge in [-0.2, -0.15) is 0 Å². The molecule has 0 aliphatic heterocycles. The van der Waals surface area contributed by atoms with Crippen LogP contribution in [0.2, 0.25) is 0 Å². The van der Waals surface area contributed by atoms with Crippen LogP contribution in [0.3, 0.4) is 0 Å². The lowest BCUT2D eigenvalue weighted by atomic mass is 9.95. The number of aliphatic hydroxyl groups is 2. The summed E-state index contributed by atoms with van der Waals surface area (Å²) in [4.78, 5) is 0. The van der Waals surface area contributed by atoms with E-state index < -0.39 is 6.10 Å². The number of rotatable bonds is 9. The standard InChI is InChI=1S/C19H24BrNO3/c1-2-24-17-5-3-4-15(12-17)19(23)18-13-16(20)7-6-14(18)8-9-21-10-11-22/h3-7,12-13,19,21-23H,2,8-11H2,1H3. The minimum Gasteiger partial charge on any atom is -0.494 e. The molecule has 5 heteroatoms. The third kappa shape index (κ3) is 5.31. The number of benzene rings is 2. The normalized spacial score (nSPS) is 12.2. The molecule has 0 saturated heterocycles. The molecule has 0 heterocycles. The first-order valence-corrected chi connectivity index (χ1v) is 8.95. The molecule has 4 nitrogen and oxygen atoms in total. The summed E-state index contributed by atoms with van der Waals surface area (Å²) >= 11 is 3.49. The second-order valence-corrected chi connectivity index (χ2v) is 6.39. The minimum absolute atomic E-state index is 0.125. The van der Waals surface area contributed by atoms with Crippen molar-refractivity contribution in [2.75, 3.05) is 26.3 Å². The van der Waals surface area contributed by atoms with Crippen molar-refractivity contribution in [3.05, 3.63) is 63.6 Å². The molecule has 0 spiro atoms.